The van der Waals surface area contributed by atoms with E-state index in [1.165, 1.54) is 218 Å². The quantitative estimate of drug-likeness (QED) is 0.0222. The number of phosphoric ester groups is 2. The molecule has 0 spiro atoms. The Bertz CT molecular complexity index is 1860. The molecule has 5 atom stereocenters. The molecule has 0 aliphatic carbocycles. The number of carbonyl (C=O) groups is 4. The van der Waals surface area contributed by atoms with Gasteiger partial charge < -0.3 is 33.8 Å². The third kappa shape index (κ3) is 70.5. The minimum atomic E-state index is -4.96. The molecule has 0 saturated heterocycles. The molecule has 570 valence electrons. The van der Waals surface area contributed by atoms with Gasteiger partial charge in [-0.1, -0.05) is 350 Å². The topological polar surface area (TPSA) is 237 Å². The summed E-state index contributed by atoms with van der Waals surface area (Å²) in [6.07, 6.45) is 56.9. The van der Waals surface area contributed by atoms with Gasteiger partial charge in [0.15, 0.2) is 12.2 Å². The lowest BCUT2D eigenvalue weighted by molar-refractivity contribution is -0.161. The minimum Gasteiger partial charge on any atom is -0.462 e. The van der Waals surface area contributed by atoms with E-state index in [1.54, 1.807) is 0 Å². The Morgan fingerprint density at radius 3 is 0.708 bits per heavy atom. The summed E-state index contributed by atoms with van der Waals surface area (Å²) in [5, 5.41) is 10.6. The Morgan fingerprint density at radius 2 is 0.479 bits per heavy atom. The fourth-order valence-corrected chi connectivity index (χ4v) is 13.4. The van der Waals surface area contributed by atoms with Crippen molar-refractivity contribution in [3.63, 3.8) is 0 Å². The lowest BCUT2D eigenvalue weighted by Gasteiger charge is -2.21. The van der Waals surface area contributed by atoms with Crippen LogP contribution < -0.4 is 0 Å². The third-order valence-electron chi connectivity index (χ3n) is 18.0. The fourth-order valence-electron chi connectivity index (χ4n) is 11.8. The summed E-state index contributed by atoms with van der Waals surface area (Å²) in [4.78, 5) is 72.7. The van der Waals surface area contributed by atoms with E-state index in [4.69, 9.17) is 37.0 Å². The maximum Gasteiger partial charge on any atom is 0.472 e. The van der Waals surface area contributed by atoms with Crippen molar-refractivity contribution in [1.82, 2.24) is 0 Å². The molecule has 0 fully saturated rings. The first-order chi connectivity index (χ1) is 46.4. The zero-order valence-corrected chi connectivity index (χ0v) is 64.5. The second-order valence-electron chi connectivity index (χ2n) is 28.7. The Labute approximate surface area is 588 Å². The van der Waals surface area contributed by atoms with E-state index in [1.807, 2.05) is 0 Å². The van der Waals surface area contributed by atoms with E-state index >= 15 is 0 Å². The third-order valence-corrected chi connectivity index (χ3v) is 19.9. The molecular formula is C77H150O17P2. The van der Waals surface area contributed by atoms with Gasteiger partial charge in [-0.2, -0.15) is 0 Å². The van der Waals surface area contributed by atoms with Gasteiger partial charge in [-0.3, -0.25) is 37.3 Å². The molecule has 17 nitrogen and oxygen atoms in total. The number of phosphoric acid groups is 2. The maximum absolute atomic E-state index is 13.1. The molecule has 0 aliphatic rings. The van der Waals surface area contributed by atoms with Crippen molar-refractivity contribution in [2.45, 2.75) is 419 Å². The zero-order valence-electron chi connectivity index (χ0n) is 62.7. The molecule has 0 heterocycles. The summed E-state index contributed by atoms with van der Waals surface area (Å²) in [6, 6.07) is 0. The summed E-state index contributed by atoms with van der Waals surface area (Å²) in [5.74, 6) is -0.504. The number of hydrogen-bond donors (Lipinski definition) is 3. The first-order valence-corrected chi connectivity index (χ1v) is 43.0. The van der Waals surface area contributed by atoms with Crippen molar-refractivity contribution < 1.29 is 80.2 Å². The van der Waals surface area contributed by atoms with Crippen molar-refractivity contribution in [3.8, 4) is 0 Å². The predicted molar refractivity (Wildman–Crippen MR) is 391 cm³/mol. The van der Waals surface area contributed by atoms with Crippen LogP contribution >= 0.6 is 15.6 Å². The van der Waals surface area contributed by atoms with Crippen LogP contribution in [0.25, 0.3) is 0 Å². The Morgan fingerprint density at radius 1 is 0.281 bits per heavy atom. The summed E-state index contributed by atoms with van der Waals surface area (Å²) >= 11 is 0. The molecule has 3 N–H and O–H groups in total. The molecule has 0 aliphatic heterocycles. The number of unbranched alkanes of at least 4 members (excludes halogenated alkanes) is 46. The predicted octanol–water partition coefficient (Wildman–Crippen LogP) is 22.7. The second kappa shape index (κ2) is 68.8. The number of carbonyl (C=O) groups excluding carboxylic acids is 4. The maximum atomic E-state index is 13.1. The van der Waals surface area contributed by atoms with Crippen LogP contribution in [0.4, 0.5) is 0 Å². The fraction of sp³-hybridized carbons (Fsp3) is 0.948. The lowest BCUT2D eigenvalue weighted by atomic mass is 10.0. The Kier molecular flexibility index (Phi) is 67.4. The first-order valence-electron chi connectivity index (χ1n) is 40.0. The summed E-state index contributed by atoms with van der Waals surface area (Å²) < 4.78 is 68.5. The van der Waals surface area contributed by atoms with Gasteiger partial charge in [-0.25, -0.2) is 9.13 Å². The van der Waals surface area contributed by atoms with Crippen LogP contribution in [0.5, 0.6) is 0 Å². The van der Waals surface area contributed by atoms with Crippen molar-refractivity contribution in [2.24, 2.45) is 11.8 Å². The first kappa shape index (κ1) is 94.1. The van der Waals surface area contributed by atoms with Gasteiger partial charge in [0.2, 0.25) is 0 Å². The normalized spacial score (nSPS) is 14.0. The number of rotatable bonds is 76. The van der Waals surface area contributed by atoms with E-state index in [2.05, 4.69) is 41.5 Å². The molecule has 0 saturated carbocycles. The molecule has 2 unspecified atom stereocenters. The molecule has 0 aromatic heterocycles. The number of ether oxygens (including phenoxy) is 4. The van der Waals surface area contributed by atoms with Crippen LogP contribution in [-0.4, -0.2) is 96.7 Å². The van der Waals surface area contributed by atoms with E-state index in [9.17, 15) is 43.2 Å². The van der Waals surface area contributed by atoms with Crippen molar-refractivity contribution in [2.75, 3.05) is 39.6 Å². The van der Waals surface area contributed by atoms with Gasteiger partial charge >= 0.3 is 39.5 Å². The van der Waals surface area contributed by atoms with E-state index in [-0.39, 0.29) is 25.7 Å². The summed E-state index contributed by atoms with van der Waals surface area (Å²) in [7, 11) is -9.91. The van der Waals surface area contributed by atoms with Gasteiger partial charge in [0.05, 0.1) is 26.4 Å². The highest BCUT2D eigenvalue weighted by Gasteiger charge is 2.30. The average molecular weight is 1410 g/mol. The molecule has 0 aromatic carbocycles. The van der Waals surface area contributed by atoms with Gasteiger partial charge in [-0.05, 0) is 37.5 Å². The number of aliphatic hydroxyl groups is 1. The number of hydrogen-bond acceptors (Lipinski definition) is 15. The average Bonchev–Trinajstić information content (AvgIpc) is 1.52. The van der Waals surface area contributed by atoms with Gasteiger partial charge in [-0.15, -0.1) is 0 Å². The largest absolute Gasteiger partial charge is 0.472 e. The Balaban J connectivity index is 5.18. The smallest absolute Gasteiger partial charge is 0.462 e. The lowest BCUT2D eigenvalue weighted by Crippen LogP contribution is -2.30. The van der Waals surface area contributed by atoms with Crippen LogP contribution in [-0.2, 0) is 65.4 Å². The molecule has 0 rings (SSSR count). The van der Waals surface area contributed by atoms with E-state index in [0.29, 0.717) is 25.7 Å². The van der Waals surface area contributed by atoms with Crippen molar-refractivity contribution >= 4 is 39.5 Å². The van der Waals surface area contributed by atoms with Gasteiger partial charge in [0.1, 0.15) is 19.3 Å². The molecule has 96 heavy (non-hydrogen) atoms. The second-order valence-corrected chi connectivity index (χ2v) is 31.6. The Hall–Kier alpha value is -1.94. The highest BCUT2D eigenvalue weighted by atomic mass is 31.2. The highest BCUT2D eigenvalue weighted by Crippen LogP contribution is 2.45. The standard InChI is InChI=1S/C77H150O17P2/c1-7-9-11-13-15-17-36-43-49-55-61-76(81)93-72(65-87-74(79)59-53-47-41-33-16-14-12-10-8-2)67-91-95(83,84)89-63-71(78)64-90-96(85,86)92-68-73(66-88-75(80)60-54-48-42-37-31-28-24-26-30-35-40-46-52-58-70(5)6)94-77(82)62-56-50-44-38-32-27-23-21-19-18-20-22-25-29-34-39-45-51-57-69(3)4/h69-73,78H,7-68H2,1-6H3,(H,83,84)(H,85,86)/t71-,72+,73+/m0/s1. The van der Waals surface area contributed by atoms with Crippen LogP contribution in [0, 0.1) is 11.8 Å². The van der Waals surface area contributed by atoms with Crippen LogP contribution in [0.1, 0.15) is 401 Å². The minimum absolute atomic E-state index is 0.107. The summed E-state index contributed by atoms with van der Waals surface area (Å²) in [6.45, 7) is 9.63. The molecule has 19 heteroatoms. The van der Waals surface area contributed by atoms with Crippen LogP contribution in [0.15, 0.2) is 0 Å². The van der Waals surface area contributed by atoms with Gasteiger partial charge in [0.25, 0.3) is 0 Å². The van der Waals surface area contributed by atoms with Crippen LogP contribution in [0.3, 0.4) is 0 Å². The van der Waals surface area contributed by atoms with E-state index in [0.717, 1.165) is 102 Å². The number of aliphatic hydroxyl groups excluding tert-OH is 1. The molecule has 0 bridgehead atoms. The molecule has 0 aromatic rings. The molecule has 0 amide bonds. The SMILES string of the molecule is CCCCCCCCCCCCC(=O)O[C@H](COC(=O)CCCCCCCCCCC)COP(=O)(O)OC[C@H](O)COP(=O)(O)OC[C@@H](COC(=O)CCCCCCCCCCCCCCCC(C)C)OC(=O)CCCCCCCCCCCCCCCCCCCCC(C)C. The van der Waals surface area contributed by atoms with Crippen molar-refractivity contribution in [1.29, 1.82) is 0 Å². The highest BCUT2D eigenvalue weighted by molar-refractivity contribution is 7.47. The van der Waals surface area contributed by atoms with E-state index < -0.39 is 97.5 Å². The molecule has 0 radical (unpaired) electrons. The summed E-state index contributed by atoms with van der Waals surface area (Å²) in [5.41, 5.74) is 0. The van der Waals surface area contributed by atoms with Crippen molar-refractivity contribution in [3.05, 3.63) is 0 Å². The zero-order chi connectivity index (χ0) is 70.7. The van der Waals surface area contributed by atoms with Gasteiger partial charge in [0, 0.05) is 25.7 Å². The van der Waals surface area contributed by atoms with Crippen LogP contribution in [0.2, 0.25) is 0 Å². The number of esters is 4. The molecular weight excluding hydrogens is 1260 g/mol. The monoisotopic (exact) mass is 1410 g/mol.